The van der Waals surface area contributed by atoms with Gasteiger partial charge >= 0.3 is 0 Å². The topological polar surface area (TPSA) is 72.2 Å². The molecule has 1 aromatic rings. The lowest BCUT2D eigenvalue weighted by molar-refractivity contribution is 0.0858. The van der Waals surface area contributed by atoms with Crippen molar-refractivity contribution in [1.82, 2.24) is 20.5 Å². The summed E-state index contributed by atoms with van der Waals surface area (Å²) >= 11 is 0. The third-order valence-electron chi connectivity index (χ3n) is 1.53. The standard InChI is InChI=1S/C7H14N4O2/c1-13-8-5-7-6-11(10-9-7)3-2-4-12/h6,8,12H,2-5H2,1H3. The van der Waals surface area contributed by atoms with E-state index in [4.69, 9.17) is 5.11 Å². The Bertz CT molecular complexity index is 216. The average Bonchev–Trinajstić information content (AvgIpc) is 2.59. The molecule has 74 valence electrons. The van der Waals surface area contributed by atoms with Gasteiger partial charge in [-0.2, -0.15) is 5.48 Å². The Kier molecular flexibility index (Phi) is 4.37. The Morgan fingerprint density at radius 2 is 2.54 bits per heavy atom. The van der Waals surface area contributed by atoms with Crippen LogP contribution in [0, 0.1) is 0 Å². The zero-order valence-corrected chi connectivity index (χ0v) is 7.60. The molecule has 0 spiro atoms. The number of aromatic nitrogens is 3. The fraction of sp³-hybridized carbons (Fsp3) is 0.714. The van der Waals surface area contributed by atoms with E-state index < -0.39 is 0 Å². The summed E-state index contributed by atoms with van der Waals surface area (Å²) in [4.78, 5) is 4.67. The highest BCUT2D eigenvalue weighted by Crippen LogP contribution is 1.93. The Morgan fingerprint density at radius 1 is 1.69 bits per heavy atom. The van der Waals surface area contributed by atoms with E-state index in [1.54, 1.807) is 11.8 Å². The smallest absolute Gasteiger partial charge is 0.0988 e. The van der Waals surface area contributed by atoms with E-state index >= 15 is 0 Å². The molecule has 0 amide bonds. The van der Waals surface area contributed by atoms with Gasteiger partial charge in [-0.25, -0.2) is 0 Å². The normalized spacial score (nSPS) is 10.6. The molecule has 0 atom stereocenters. The van der Waals surface area contributed by atoms with Gasteiger partial charge in [0.2, 0.25) is 0 Å². The van der Waals surface area contributed by atoms with Gasteiger partial charge in [0.05, 0.1) is 19.3 Å². The van der Waals surface area contributed by atoms with Crippen molar-refractivity contribution in [3.8, 4) is 0 Å². The maximum Gasteiger partial charge on any atom is 0.0988 e. The molecule has 0 aromatic carbocycles. The molecule has 1 heterocycles. The van der Waals surface area contributed by atoms with E-state index in [9.17, 15) is 0 Å². The van der Waals surface area contributed by atoms with Crippen molar-refractivity contribution in [2.45, 2.75) is 19.5 Å². The first-order valence-electron chi connectivity index (χ1n) is 4.12. The predicted molar refractivity (Wildman–Crippen MR) is 45.6 cm³/mol. The molecule has 0 aliphatic heterocycles. The number of aliphatic hydroxyl groups is 1. The van der Waals surface area contributed by atoms with Gasteiger partial charge in [0.1, 0.15) is 0 Å². The first-order chi connectivity index (χ1) is 6.36. The van der Waals surface area contributed by atoms with Crippen molar-refractivity contribution in [1.29, 1.82) is 0 Å². The first kappa shape index (κ1) is 10.1. The summed E-state index contributed by atoms with van der Waals surface area (Å²) in [5, 5.41) is 16.3. The predicted octanol–water partition coefficient (Wildman–Crippen LogP) is -0.689. The van der Waals surface area contributed by atoms with Crippen LogP contribution in [0.1, 0.15) is 12.1 Å². The van der Waals surface area contributed by atoms with Crippen LogP contribution in [0.5, 0.6) is 0 Å². The number of aliphatic hydroxyl groups excluding tert-OH is 1. The van der Waals surface area contributed by atoms with E-state index in [1.807, 2.05) is 6.20 Å². The number of rotatable bonds is 6. The largest absolute Gasteiger partial charge is 0.396 e. The molecule has 0 radical (unpaired) electrons. The number of hydroxylamine groups is 1. The Balaban J connectivity index is 2.34. The molecule has 0 aliphatic carbocycles. The van der Waals surface area contributed by atoms with Crippen molar-refractivity contribution in [3.63, 3.8) is 0 Å². The van der Waals surface area contributed by atoms with Gasteiger partial charge < -0.3 is 9.94 Å². The molecular weight excluding hydrogens is 172 g/mol. The van der Waals surface area contributed by atoms with Gasteiger partial charge in [0.25, 0.3) is 0 Å². The monoisotopic (exact) mass is 186 g/mol. The number of nitrogens with one attached hydrogen (secondary N) is 1. The Hall–Kier alpha value is -0.980. The van der Waals surface area contributed by atoms with Gasteiger partial charge in [-0.05, 0) is 6.42 Å². The van der Waals surface area contributed by atoms with Gasteiger partial charge in [0.15, 0.2) is 0 Å². The lowest BCUT2D eigenvalue weighted by Gasteiger charge is -1.96. The highest BCUT2D eigenvalue weighted by atomic mass is 16.6. The van der Waals surface area contributed by atoms with Crippen LogP contribution in [0.25, 0.3) is 0 Å². The number of hydrogen-bond donors (Lipinski definition) is 2. The fourth-order valence-corrected chi connectivity index (χ4v) is 0.908. The van der Waals surface area contributed by atoms with Crippen molar-refractivity contribution in [2.24, 2.45) is 0 Å². The second-order valence-corrected chi connectivity index (χ2v) is 2.58. The summed E-state index contributed by atoms with van der Waals surface area (Å²) in [6, 6.07) is 0. The number of nitrogens with zero attached hydrogens (tertiary/aromatic N) is 3. The van der Waals surface area contributed by atoms with E-state index in [-0.39, 0.29) is 6.61 Å². The van der Waals surface area contributed by atoms with E-state index in [2.05, 4.69) is 20.6 Å². The van der Waals surface area contributed by atoms with Crippen LogP contribution in [-0.4, -0.2) is 33.8 Å². The van der Waals surface area contributed by atoms with E-state index in [0.29, 0.717) is 19.5 Å². The van der Waals surface area contributed by atoms with Crippen molar-refractivity contribution in [3.05, 3.63) is 11.9 Å². The van der Waals surface area contributed by atoms with Gasteiger partial charge in [0, 0.05) is 19.3 Å². The quantitative estimate of drug-likeness (QED) is 0.575. The average molecular weight is 186 g/mol. The zero-order valence-electron chi connectivity index (χ0n) is 7.60. The Morgan fingerprint density at radius 3 is 3.23 bits per heavy atom. The number of aryl methyl sites for hydroxylation is 1. The molecule has 0 unspecified atom stereocenters. The minimum atomic E-state index is 0.172. The van der Waals surface area contributed by atoms with Crippen LogP contribution < -0.4 is 5.48 Å². The molecule has 0 fully saturated rings. The maximum absolute atomic E-state index is 8.58. The lowest BCUT2D eigenvalue weighted by atomic mass is 10.4. The molecule has 0 saturated carbocycles. The van der Waals surface area contributed by atoms with Crippen molar-refractivity contribution < 1.29 is 9.94 Å². The molecular formula is C7H14N4O2. The zero-order chi connectivity index (χ0) is 9.52. The third-order valence-corrected chi connectivity index (χ3v) is 1.53. The molecule has 1 rings (SSSR count). The van der Waals surface area contributed by atoms with Crippen molar-refractivity contribution in [2.75, 3.05) is 13.7 Å². The first-order valence-corrected chi connectivity index (χ1v) is 4.12. The molecule has 0 saturated heterocycles. The van der Waals surface area contributed by atoms with Gasteiger partial charge in [-0.3, -0.25) is 4.68 Å². The summed E-state index contributed by atoms with van der Waals surface area (Å²) in [5.74, 6) is 0. The van der Waals surface area contributed by atoms with Crippen LogP contribution in [0.15, 0.2) is 6.20 Å². The van der Waals surface area contributed by atoms with E-state index in [0.717, 1.165) is 5.69 Å². The van der Waals surface area contributed by atoms with Crippen molar-refractivity contribution >= 4 is 0 Å². The SMILES string of the molecule is CONCc1cn(CCCO)nn1. The molecule has 0 bridgehead atoms. The number of hydrogen-bond acceptors (Lipinski definition) is 5. The molecule has 6 nitrogen and oxygen atoms in total. The molecule has 1 aromatic heterocycles. The minimum Gasteiger partial charge on any atom is -0.396 e. The van der Waals surface area contributed by atoms with Gasteiger partial charge in [-0.1, -0.05) is 5.21 Å². The van der Waals surface area contributed by atoms with Crippen LogP contribution in [0.4, 0.5) is 0 Å². The van der Waals surface area contributed by atoms with Crippen LogP contribution in [0.2, 0.25) is 0 Å². The summed E-state index contributed by atoms with van der Waals surface area (Å²) in [5.41, 5.74) is 3.49. The van der Waals surface area contributed by atoms with Crippen LogP contribution >= 0.6 is 0 Å². The highest BCUT2D eigenvalue weighted by Gasteiger charge is 1.98. The third kappa shape index (κ3) is 3.49. The Labute approximate surface area is 76.5 Å². The molecule has 2 N–H and O–H groups in total. The minimum absolute atomic E-state index is 0.172. The van der Waals surface area contributed by atoms with E-state index in [1.165, 1.54) is 0 Å². The highest BCUT2D eigenvalue weighted by molar-refractivity contribution is 4.90. The molecule has 6 heteroatoms. The summed E-state index contributed by atoms with van der Waals surface area (Å²) in [7, 11) is 1.55. The second kappa shape index (κ2) is 5.63. The lowest BCUT2D eigenvalue weighted by Crippen LogP contribution is -2.10. The summed E-state index contributed by atoms with van der Waals surface area (Å²) in [6.45, 7) is 1.40. The molecule has 13 heavy (non-hydrogen) atoms. The second-order valence-electron chi connectivity index (χ2n) is 2.58. The fourth-order valence-electron chi connectivity index (χ4n) is 0.908. The summed E-state index contributed by atoms with van der Waals surface area (Å²) in [6.07, 6.45) is 2.52. The molecule has 0 aliphatic rings. The summed E-state index contributed by atoms with van der Waals surface area (Å²) < 4.78 is 1.70. The van der Waals surface area contributed by atoms with Gasteiger partial charge in [-0.15, -0.1) is 5.10 Å². The maximum atomic E-state index is 8.58. The van der Waals surface area contributed by atoms with Crippen LogP contribution in [-0.2, 0) is 17.9 Å². The van der Waals surface area contributed by atoms with Crippen LogP contribution in [0.3, 0.4) is 0 Å².